The van der Waals surface area contributed by atoms with E-state index in [1.54, 1.807) is 0 Å². The van der Waals surface area contributed by atoms with Gasteiger partial charge >= 0.3 is 0 Å². The first-order chi connectivity index (χ1) is 8.24. The highest BCUT2D eigenvalue weighted by atomic mass is 15.6. The summed E-state index contributed by atoms with van der Waals surface area (Å²) in [6, 6.07) is 3.79. The van der Waals surface area contributed by atoms with Gasteiger partial charge in [-0.3, -0.25) is 0 Å². The number of rotatable bonds is 5. The van der Waals surface area contributed by atoms with E-state index in [4.69, 9.17) is 5.73 Å². The van der Waals surface area contributed by atoms with Gasteiger partial charge < -0.3 is 10.6 Å². The van der Waals surface area contributed by atoms with Crippen molar-refractivity contribution in [2.24, 2.45) is 11.7 Å². The fraction of sp³-hybridized carbons (Fsp3) is 0.600. The molecule has 0 aliphatic rings. The second kappa shape index (κ2) is 5.05. The van der Waals surface area contributed by atoms with Crippen molar-refractivity contribution in [3.05, 3.63) is 12.1 Å². The van der Waals surface area contributed by atoms with Crippen LogP contribution in [0.15, 0.2) is 12.1 Å². The molecule has 2 heterocycles. The lowest BCUT2D eigenvalue weighted by Crippen LogP contribution is -2.32. The van der Waals surface area contributed by atoms with Crippen LogP contribution >= 0.6 is 0 Å². The molecule has 1 unspecified atom stereocenters. The molecule has 0 aliphatic carbocycles. The highest BCUT2D eigenvalue weighted by molar-refractivity contribution is 5.44. The first kappa shape index (κ1) is 11.7. The SMILES string of the molecule is CCN(CC(C)CN)c1ccc2nnnn2n1. The normalized spacial score (nSPS) is 12.9. The van der Waals surface area contributed by atoms with E-state index in [1.807, 2.05) is 12.1 Å². The molecule has 0 bridgehead atoms. The summed E-state index contributed by atoms with van der Waals surface area (Å²) in [5, 5.41) is 15.5. The van der Waals surface area contributed by atoms with E-state index >= 15 is 0 Å². The minimum Gasteiger partial charge on any atom is -0.355 e. The molecule has 0 saturated carbocycles. The Morgan fingerprint density at radius 3 is 3.00 bits per heavy atom. The molecule has 0 amide bonds. The van der Waals surface area contributed by atoms with Crippen molar-refractivity contribution in [2.45, 2.75) is 13.8 Å². The van der Waals surface area contributed by atoms with E-state index in [-0.39, 0.29) is 0 Å². The smallest absolute Gasteiger partial charge is 0.200 e. The van der Waals surface area contributed by atoms with Crippen molar-refractivity contribution in [2.75, 3.05) is 24.5 Å². The lowest BCUT2D eigenvalue weighted by atomic mass is 10.1. The maximum Gasteiger partial charge on any atom is 0.200 e. The summed E-state index contributed by atoms with van der Waals surface area (Å²) < 4.78 is 1.44. The van der Waals surface area contributed by atoms with Crippen molar-refractivity contribution in [3.63, 3.8) is 0 Å². The molecular weight excluding hydrogens is 218 g/mol. The number of aromatic nitrogens is 5. The van der Waals surface area contributed by atoms with Gasteiger partial charge in [-0.25, -0.2) is 0 Å². The lowest BCUT2D eigenvalue weighted by molar-refractivity contribution is 0.568. The third kappa shape index (κ3) is 2.50. The zero-order chi connectivity index (χ0) is 12.3. The minimum atomic E-state index is 0.432. The number of tetrazole rings is 1. The monoisotopic (exact) mass is 235 g/mol. The molecule has 17 heavy (non-hydrogen) atoms. The van der Waals surface area contributed by atoms with E-state index in [0.717, 1.165) is 18.9 Å². The molecular formula is C10H17N7. The predicted octanol–water partition coefficient (Wildman–Crippen LogP) is -0.0596. The number of fused-ring (bicyclic) bond motifs is 1. The molecule has 0 aromatic carbocycles. The Morgan fingerprint density at radius 2 is 2.29 bits per heavy atom. The van der Waals surface area contributed by atoms with Gasteiger partial charge in [0.05, 0.1) is 0 Å². The van der Waals surface area contributed by atoms with Gasteiger partial charge in [0.25, 0.3) is 0 Å². The van der Waals surface area contributed by atoms with Gasteiger partial charge in [0.15, 0.2) is 11.5 Å². The second-order valence-corrected chi connectivity index (χ2v) is 4.10. The Labute approximate surface area is 99.6 Å². The second-order valence-electron chi connectivity index (χ2n) is 4.10. The molecule has 2 N–H and O–H groups in total. The number of anilines is 1. The number of hydrogen-bond donors (Lipinski definition) is 1. The van der Waals surface area contributed by atoms with Crippen molar-refractivity contribution in [1.29, 1.82) is 0 Å². The fourth-order valence-electron chi connectivity index (χ4n) is 1.64. The van der Waals surface area contributed by atoms with Crippen molar-refractivity contribution in [1.82, 2.24) is 25.3 Å². The Morgan fingerprint density at radius 1 is 1.47 bits per heavy atom. The third-order valence-electron chi connectivity index (χ3n) is 2.70. The zero-order valence-electron chi connectivity index (χ0n) is 10.1. The average Bonchev–Trinajstić information content (AvgIpc) is 2.82. The standard InChI is InChI=1S/C10H17N7/c1-3-16(7-8(2)6-11)10-5-4-9-12-14-15-17(9)13-10/h4-5,8H,3,6-7,11H2,1-2H3. The van der Waals surface area contributed by atoms with Crippen LogP contribution in [0.1, 0.15) is 13.8 Å². The van der Waals surface area contributed by atoms with Crippen LogP contribution in [0.4, 0.5) is 5.82 Å². The molecule has 0 spiro atoms. The van der Waals surface area contributed by atoms with Crippen LogP contribution < -0.4 is 10.6 Å². The van der Waals surface area contributed by atoms with Gasteiger partial charge in [-0.15, -0.1) is 14.8 Å². The fourth-order valence-corrected chi connectivity index (χ4v) is 1.64. The van der Waals surface area contributed by atoms with Gasteiger partial charge in [0.1, 0.15) is 0 Å². The summed E-state index contributed by atoms with van der Waals surface area (Å²) >= 11 is 0. The molecule has 7 heteroatoms. The summed E-state index contributed by atoms with van der Waals surface area (Å²) in [5.41, 5.74) is 6.29. The summed E-state index contributed by atoms with van der Waals surface area (Å²) in [6.07, 6.45) is 0. The van der Waals surface area contributed by atoms with Crippen LogP contribution in [-0.2, 0) is 0 Å². The molecule has 0 aliphatic heterocycles. The molecule has 2 aromatic heterocycles. The zero-order valence-corrected chi connectivity index (χ0v) is 10.1. The molecule has 0 saturated heterocycles. The molecule has 0 radical (unpaired) electrons. The Kier molecular flexibility index (Phi) is 3.48. The van der Waals surface area contributed by atoms with Crippen molar-refractivity contribution in [3.8, 4) is 0 Å². The van der Waals surface area contributed by atoms with Crippen LogP contribution in [0, 0.1) is 5.92 Å². The van der Waals surface area contributed by atoms with E-state index in [9.17, 15) is 0 Å². The van der Waals surface area contributed by atoms with E-state index < -0.39 is 0 Å². The molecule has 1 atom stereocenters. The van der Waals surface area contributed by atoms with Gasteiger partial charge in [-0.1, -0.05) is 6.92 Å². The summed E-state index contributed by atoms with van der Waals surface area (Å²) in [7, 11) is 0. The van der Waals surface area contributed by atoms with Gasteiger partial charge in [-0.05, 0) is 41.9 Å². The number of nitrogens with zero attached hydrogens (tertiary/aromatic N) is 6. The maximum absolute atomic E-state index is 5.64. The predicted molar refractivity (Wildman–Crippen MR) is 64.7 cm³/mol. The van der Waals surface area contributed by atoms with Crippen LogP contribution in [0.3, 0.4) is 0 Å². The number of nitrogens with two attached hydrogens (primary N) is 1. The first-order valence-corrected chi connectivity index (χ1v) is 5.75. The van der Waals surface area contributed by atoms with Crippen LogP contribution in [0.2, 0.25) is 0 Å². The van der Waals surface area contributed by atoms with E-state index in [1.165, 1.54) is 4.63 Å². The lowest BCUT2D eigenvalue weighted by Gasteiger charge is -2.24. The first-order valence-electron chi connectivity index (χ1n) is 5.75. The minimum absolute atomic E-state index is 0.432. The Balaban J connectivity index is 2.23. The van der Waals surface area contributed by atoms with Crippen LogP contribution in [-0.4, -0.2) is 44.9 Å². The maximum atomic E-state index is 5.64. The highest BCUT2D eigenvalue weighted by Gasteiger charge is 2.11. The van der Waals surface area contributed by atoms with Gasteiger partial charge in [0.2, 0.25) is 0 Å². The van der Waals surface area contributed by atoms with Gasteiger partial charge in [-0.2, -0.15) is 0 Å². The van der Waals surface area contributed by atoms with Gasteiger partial charge in [0, 0.05) is 13.1 Å². The molecule has 2 rings (SSSR count). The van der Waals surface area contributed by atoms with E-state index in [0.29, 0.717) is 18.1 Å². The Bertz CT molecular complexity index is 480. The largest absolute Gasteiger partial charge is 0.355 e. The molecule has 0 fully saturated rings. The van der Waals surface area contributed by atoms with Crippen LogP contribution in [0.25, 0.3) is 5.65 Å². The van der Waals surface area contributed by atoms with Crippen molar-refractivity contribution >= 4 is 11.5 Å². The number of hydrogen-bond acceptors (Lipinski definition) is 6. The Hall–Kier alpha value is -1.76. The molecule has 7 nitrogen and oxygen atoms in total. The summed E-state index contributed by atoms with van der Waals surface area (Å²) in [5.74, 6) is 1.30. The van der Waals surface area contributed by atoms with Crippen molar-refractivity contribution < 1.29 is 0 Å². The topological polar surface area (TPSA) is 85.2 Å². The van der Waals surface area contributed by atoms with E-state index in [2.05, 4.69) is 39.4 Å². The quantitative estimate of drug-likeness (QED) is 0.781. The average molecular weight is 235 g/mol. The molecule has 2 aromatic rings. The summed E-state index contributed by atoms with van der Waals surface area (Å²) in [6.45, 7) is 6.65. The highest BCUT2D eigenvalue weighted by Crippen LogP contribution is 2.12. The molecule has 92 valence electrons. The third-order valence-corrected chi connectivity index (χ3v) is 2.70. The summed E-state index contributed by atoms with van der Waals surface area (Å²) in [4.78, 5) is 2.17. The van der Waals surface area contributed by atoms with Crippen LogP contribution in [0.5, 0.6) is 0 Å².